The summed E-state index contributed by atoms with van der Waals surface area (Å²) in [6.07, 6.45) is 0.910. The molecule has 1 heterocycles. The molecule has 14 heteroatoms. The largest absolute Gasteiger partial charge is 0.481 e. The third-order valence-electron chi connectivity index (χ3n) is 6.30. The lowest BCUT2D eigenvalue weighted by atomic mass is 10.0. The normalized spacial score (nSPS) is 16.9. The number of nitrogens with two attached hydrogens (primary N) is 3. The number of aliphatic carboxylic acids is 2. The number of nitrogens with one attached hydrogen (secondary N) is 2. The summed E-state index contributed by atoms with van der Waals surface area (Å²) in [4.78, 5) is 67.0. The first-order valence-electron chi connectivity index (χ1n) is 12.7. The molecular formula is C25H37N7O7. The molecule has 1 aromatic carbocycles. The van der Waals surface area contributed by atoms with Crippen molar-refractivity contribution in [2.24, 2.45) is 22.2 Å². The molecule has 10 N–H and O–H groups in total. The molecule has 0 saturated carbocycles. The lowest BCUT2D eigenvalue weighted by Gasteiger charge is -2.30. The minimum Gasteiger partial charge on any atom is -0.481 e. The quantitative estimate of drug-likeness (QED) is 0.0762. The van der Waals surface area contributed by atoms with Crippen LogP contribution in [-0.4, -0.2) is 88.0 Å². The number of carbonyl (C=O) groups is 5. The van der Waals surface area contributed by atoms with Crippen LogP contribution in [0.2, 0.25) is 0 Å². The molecule has 0 aromatic heterocycles. The summed E-state index contributed by atoms with van der Waals surface area (Å²) in [5, 5.41) is 23.3. The van der Waals surface area contributed by atoms with E-state index in [9.17, 15) is 29.1 Å². The van der Waals surface area contributed by atoms with E-state index in [0.717, 1.165) is 5.56 Å². The zero-order chi connectivity index (χ0) is 28.9. The van der Waals surface area contributed by atoms with E-state index >= 15 is 0 Å². The Balaban J connectivity index is 2.14. The zero-order valence-corrected chi connectivity index (χ0v) is 21.6. The van der Waals surface area contributed by atoms with E-state index in [0.29, 0.717) is 25.8 Å². The monoisotopic (exact) mass is 547 g/mol. The first kappa shape index (κ1) is 31.0. The Labute approximate surface area is 226 Å². The number of carboxylic acids is 2. The van der Waals surface area contributed by atoms with Gasteiger partial charge in [-0.25, -0.2) is 4.79 Å². The predicted molar refractivity (Wildman–Crippen MR) is 141 cm³/mol. The van der Waals surface area contributed by atoms with Gasteiger partial charge in [-0.3, -0.25) is 24.2 Å². The van der Waals surface area contributed by atoms with Gasteiger partial charge in [0.25, 0.3) is 0 Å². The van der Waals surface area contributed by atoms with E-state index < -0.39 is 60.2 Å². The molecule has 2 rings (SSSR count). The molecule has 39 heavy (non-hydrogen) atoms. The SMILES string of the molecule is NC(N)=NCCCC(N)C(=O)NC(Cc1ccccc1)C(=O)N1CCCC1C(=O)NC(CCC(=O)O)C(=O)O. The molecule has 1 aliphatic heterocycles. The van der Waals surface area contributed by atoms with Crippen LogP contribution in [0.1, 0.15) is 44.1 Å². The van der Waals surface area contributed by atoms with Gasteiger partial charge in [0, 0.05) is 25.9 Å². The van der Waals surface area contributed by atoms with E-state index in [1.165, 1.54) is 4.90 Å². The number of carbonyl (C=O) groups excluding carboxylic acids is 3. The maximum Gasteiger partial charge on any atom is 0.326 e. The second-order valence-electron chi connectivity index (χ2n) is 9.33. The minimum atomic E-state index is -1.41. The molecule has 1 saturated heterocycles. The number of nitrogens with zero attached hydrogens (tertiary/aromatic N) is 2. The number of carboxylic acid groups (broad SMARTS) is 2. The van der Waals surface area contributed by atoms with Gasteiger partial charge in [-0.2, -0.15) is 0 Å². The number of hydrogen-bond acceptors (Lipinski definition) is 7. The first-order chi connectivity index (χ1) is 18.5. The number of likely N-dealkylation sites (tertiary alicyclic amines) is 1. The molecule has 4 unspecified atom stereocenters. The summed E-state index contributed by atoms with van der Waals surface area (Å²) in [7, 11) is 0. The Hall–Kier alpha value is -4.20. The van der Waals surface area contributed by atoms with Crippen LogP contribution in [0.5, 0.6) is 0 Å². The van der Waals surface area contributed by atoms with Crippen molar-refractivity contribution < 1.29 is 34.2 Å². The number of benzene rings is 1. The molecule has 0 spiro atoms. The third-order valence-corrected chi connectivity index (χ3v) is 6.30. The molecule has 14 nitrogen and oxygen atoms in total. The molecule has 0 aliphatic carbocycles. The van der Waals surface area contributed by atoms with Crippen molar-refractivity contribution in [3.8, 4) is 0 Å². The van der Waals surface area contributed by atoms with Crippen molar-refractivity contribution >= 4 is 35.6 Å². The third kappa shape index (κ3) is 10.2. The van der Waals surface area contributed by atoms with Crippen molar-refractivity contribution in [2.75, 3.05) is 13.1 Å². The maximum absolute atomic E-state index is 13.6. The number of hydrogen-bond donors (Lipinski definition) is 7. The highest BCUT2D eigenvalue weighted by molar-refractivity contribution is 5.94. The van der Waals surface area contributed by atoms with Gasteiger partial charge in [-0.15, -0.1) is 0 Å². The van der Waals surface area contributed by atoms with Gasteiger partial charge in [0.05, 0.1) is 6.04 Å². The Kier molecular flexibility index (Phi) is 12.1. The molecular weight excluding hydrogens is 510 g/mol. The second-order valence-corrected chi connectivity index (χ2v) is 9.33. The van der Waals surface area contributed by atoms with Crippen molar-refractivity contribution in [3.05, 3.63) is 35.9 Å². The lowest BCUT2D eigenvalue weighted by Crippen LogP contribution is -2.57. The van der Waals surface area contributed by atoms with Crippen LogP contribution in [0.3, 0.4) is 0 Å². The van der Waals surface area contributed by atoms with Crippen LogP contribution >= 0.6 is 0 Å². The average Bonchev–Trinajstić information content (AvgIpc) is 3.38. The molecule has 3 amide bonds. The number of aliphatic imine (C=N–C) groups is 1. The Morgan fingerprint density at radius 2 is 1.72 bits per heavy atom. The Bertz CT molecular complexity index is 1050. The van der Waals surface area contributed by atoms with E-state index in [1.807, 2.05) is 6.07 Å². The number of amides is 3. The summed E-state index contributed by atoms with van der Waals surface area (Å²) in [6, 6.07) is 4.68. The molecule has 214 valence electrons. The second kappa shape index (κ2) is 15.3. The summed E-state index contributed by atoms with van der Waals surface area (Å²) >= 11 is 0. The minimum absolute atomic E-state index is 0.0673. The summed E-state index contributed by atoms with van der Waals surface area (Å²) in [6.45, 7) is 0.527. The standard InChI is InChI=1S/C25H37N7O7/c26-16(8-4-12-29-25(27)28)21(35)31-18(14-15-6-2-1-3-7-15)23(37)32-13-5-9-19(32)22(36)30-17(24(38)39)10-11-20(33)34/h1-3,6-7,16-19H,4-5,8-14,26H2,(H,30,36)(H,31,35)(H,33,34)(H,38,39)(H4,27,28,29). The van der Waals surface area contributed by atoms with Crippen molar-refractivity contribution in [1.29, 1.82) is 0 Å². The van der Waals surface area contributed by atoms with E-state index in [1.54, 1.807) is 24.3 Å². The van der Waals surface area contributed by atoms with Gasteiger partial charge >= 0.3 is 11.9 Å². The van der Waals surface area contributed by atoms with Crippen LogP contribution in [-0.2, 0) is 30.4 Å². The van der Waals surface area contributed by atoms with Crippen LogP contribution in [0.4, 0.5) is 0 Å². The highest BCUT2D eigenvalue weighted by Gasteiger charge is 2.39. The van der Waals surface area contributed by atoms with Gasteiger partial charge in [0.1, 0.15) is 18.1 Å². The predicted octanol–water partition coefficient (Wildman–Crippen LogP) is -1.48. The topological polar surface area (TPSA) is 244 Å². The average molecular weight is 548 g/mol. The van der Waals surface area contributed by atoms with Crippen LogP contribution in [0.15, 0.2) is 35.3 Å². The zero-order valence-electron chi connectivity index (χ0n) is 21.6. The lowest BCUT2D eigenvalue weighted by molar-refractivity contribution is -0.145. The van der Waals surface area contributed by atoms with Crippen LogP contribution < -0.4 is 27.8 Å². The summed E-state index contributed by atoms with van der Waals surface area (Å²) in [5.41, 5.74) is 17.4. The Morgan fingerprint density at radius 1 is 1.03 bits per heavy atom. The van der Waals surface area contributed by atoms with E-state index in [2.05, 4.69) is 15.6 Å². The molecule has 4 atom stereocenters. The van der Waals surface area contributed by atoms with Crippen LogP contribution in [0, 0.1) is 0 Å². The van der Waals surface area contributed by atoms with Crippen molar-refractivity contribution in [1.82, 2.24) is 15.5 Å². The van der Waals surface area contributed by atoms with E-state index in [4.69, 9.17) is 22.3 Å². The molecule has 1 aliphatic rings. The number of guanidine groups is 1. The molecule has 0 bridgehead atoms. The molecule has 1 aromatic rings. The van der Waals surface area contributed by atoms with E-state index in [-0.39, 0.29) is 31.8 Å². The fourth-order valence-electron chi connectivity index (χ4n) is 4.28. The molecule has 0 radical (unpaired) electrons. The maximum atomic E-state index is 13.6. The van der Waals surface area contributed by atoms with Crippen LogP contribution in [0.25, 0.3) is 0 Å². The Morgan fingerprint density at radius 3 is 2.33 bits per heavy atom. The highest BCUT2D eigenvalue weighted by Crippen LogP contribution is 2.20. The van der Waals surface area contributed by atoms with Gasteiger partial charge in [0.2, 0.25) is 17.7 Å². The summed E-state index contributed by atoms with van der Waals surface area (Å²) < 4.78 is 0. The van der Waals surface area contributed by atoms with Gasteiger partial charge < -0.3 is 42.9 Å². The summed E-state index contributed by atoms with van der Waals surface area (Å²) in [5.74, 6) is -4.38. The fraction of sp³-hybridized carbons (Fsp3) is 0.520. The first-order valence-corrected chi connectivity index (χ1v) is 12.7. The van der Waals surface area contributed by atoms with Gasteiger partial charge in [0.15, 0.2) is 5.96 Å². The van der Waals surface area contributed by atoms with Crippen molar-refractivity contribution in [3.63, 3.8) is 0 Å². The fourth-order valence-corrected chi connectivity index (χ4v) is 4.28. The van der Waals surface area contributed by atoms with Gasteiger partial charge in [-0.1, -0.05) is 30.3 Å². The highest BCUT2D eigenvalue weighted by atomic mass is 16.4. The van der Waals surface area contributed by atoms with Crippen molar-refractivity contribution in [2.45, 2.75) is 69.1 Å². The number of rotatable bonds is 15. The molecule has 1 fully saturated rings. The van der Waals surface area contributed by atoms with Gasteiger partial charge in [-0.05, 0) is 37.7 Å². The smallest absolute Gasteiger partial charge is 0.326 e.